The molecule has 0 aliphatic heterocycles. The zero-order valence-electron chi connectivity index (χ0n) is 9.09. The molecule has 0 atom stereocenters. The second-order valence-electron chi connectivity index (χ2n) is 3.94. The smallest absolute Gasteiger partial charge is 0.0768 e. The highest BCUT2D eigenvalue weighted by molar-refractivity contribution is 4.79. The molecule has 0 aliphatic rings. The van der Waals surface area contributed by atoms with Gasteiger partial charge in [0.05, 0.1) is 5.60 Å². The maximum absolute atomic E-state index is 10.0. The van der Waals surface area contributed by atoms with E-state index in [0.29, 0.717) is 6.04 Å². The molecule has 0 fully saturated rings. The molecule has 0 spiro atoms. The number of nitrogens with zero attached hydrogens (tertiary/aromatic N) is 1. The maximum atomic E-state index is 10.0. The molecule has 2 nitrogen and oxygen atoms in total. The first-order valence-electron chi connectivity index (χ1n) is 4.87. The third-order valence-electron chi connectivity index (χ3n) is 2.74. The SMILES string of the molecule is CCC(O)(CC)CN(C)C(C)C. The molecule has 0 saturated heterocycles. The van der Waals surface area contributed by atoms with Crippen LogP contribution in [0.25, 0.3) is 0 Å². The van der Waals surface area contributed by atoms with E-state index in [1.165, 1.54) is 0 Å². The van der Waals surface area contributed by atoms with Crippen LogP contribution in [-0.4, -0.2) is 35.2 Å². The van der Waals surface area contributed by atoms with Gasteiger partial charge in [-0.05, 0) is 33.7 Å². The Morgan fingerprint density at radius 1 is 1.25 bits per heavy atom. The zero-order valence-corrected chi connectivity index (χ0v) is 9.09. The highest BCUT2D eigenvalue weighted by Gasteiger charge is 2.24. The molecular weight excluding hydrogens is 150 g/mol. The number of rotatable bonds is 5. The number of likely N-dealkylation sites (N-methyl/N-ethyl adjacent to an activating group) is 1. The van der Waals surface area contributed by atoms with Crippen LogP contribution in [0.5, 0.6) is 0 Å². The van der Waals surface area contributed by atoms with Crippen molar-refractivity contribution >= 4 is 0 Å². The molecule has 0 radical (unpaired) electrons. The highest BCUT2D eigenvalue weighted by atomic mass is 16.3. The van der Waals surface area contributed by atoms with Gasteiger partial charge in [-0.3, -0.25) is 0 Å². The molecule has 12 heavy (non-hydrogen) atoms. The van der Waals surface area contributed by atoms with Gasteiger partial charge >= 0.3 is 0 Å². The lowest BCUT2D eigenvalue weighted by Gasteiger charge is -2.32. The average Bonchev–Trinajstić information content (AvgIpc) is 2.04. The summed E-state index contributed by atoms with van der Waals surface area (Å²) in [7, 11) is 2.06. The molecule has 1 N–H and O–H groups in total. The minimum atomic E-state index is -0.487. The Morgan fingerprint density at radius 2 is 1.67 bits per heavy atom. The fourth-order valence-corrected chi connectivity index (χ4v) is 1.12. The van der Waals surface area contributed by atoms with Gasteiger partial charge in [0.25, 0.3) is 0 Å². The van der Waals surface area contributed by atoms with Crippen molar-refractivity contribution in [3.05, 3.63) is 0 Å². The molecule has 0 saturated carbocycles. The lowest BCUT2D eigenvalue weighted by molar-refractivity contribution is -0.00366. The van der Waals surface area contributed by atoms with Crippen LogP contribution in [0.3, 0.4) is 0 Å². The largest absolute Gasteiger partial charge is 0.389 e. The Hall–Kier alpha value is -0.0800. The third-order valence-corrected chi connectivity index (χ3v) is 2.74. The van der Waals surface area contributed by atoms with Gasteiger partial charge in [-0.15, -0.1) is 0 Å². The molecule has 0 aliphatic carbocycles. The van der Waals surface area contributed by atoms with Crippen LogP contribution in [-0.2, 0) is 0 Å². The Labute approximate surface area is 76.6 Å². The van der Waals surface area contributed by atoms with E-state index >= 15 is 0 Å². The number of hydrogen-bond donors (Lipinski definition) is 1. The van der Waals surface area contributed by atoms with E-state index in [1.807, 2.05) is 13.8 Å². The monoisotopic (exact) mass is 173 g/mol. The van der Waals surface area contributed by atoms with Crippen LogP contribution >= 0.6 is 0 Å². The van der Waals surface area contributed by atoms with Gasteiger partial charge in [0.2, 0.25) is 0 Å². The topological polar surface area (TPSA) is 23.5 Å². The van der Waals surface area contributed by atoms with Crippen LogP contribution in [0.15, 0.2) is 0 Å². The Morgan fingerprint density at radius 3 is 1.92 bits per heavy atom. The molecule has 0 unspecified atom stereocenters. The summed E-state index contributed by atoms with van der Waals surface area (Å²) < 4.78 is 0. The minimum absolute atomic E-state index is 0.487. The molecule has 0 amide bonds. The van der Waals surface area contributed by atoms with E-state index in [2.05, 4.69) is 25.8 Å². The van der Waals surface area contributed by atoms with Crippen LogP contribution in [0.2, 0.25) is 0 Å². The molecule has 74 valence electrons. The van der Waals surface area contributed by atoms with Crippen molar-refractivity contribution in [2.75, 3.05) is 13.6 Å². The number of aliphatic hydroxyl groups is 1. The Kier molecular flexibility index (Phi) is 4.80. The molecular formula is C10H23NO. The van der Waals surface area contributed by atoms with E-state index in [9.17, 15) is 5.11 Å². The summed E-state index contributed by atoms with van der Waals surface area (Å²) in [6.07, 6.45) is 1.67. The summed E-state index contributed by atoms with van der Waals surface area (Å²) in [4.78, 5) is 2.19. The normalized spacial score (nSPS) is 13.0. The maximum Gasteiger partial charge on any atom is 0.0768 e. The predicted molar refractivity (Wildman–Crippen MR) is 53.3 cm³/mol. The lowest BCUT2D eigenvalue weighted by Crippen LogP contribution is -2.43. The first-order valence-corrected chi connectivity index (χ1v) is 4.87. The van der Waals surface area contributed by atoms with Gasteiger partial charge in [-0.25, -0.2) is 0 Å². The summed E-state index contributed by atoms with van der Waals surface area (Å²) in [5, 5.41) is 10.0. The van der Waals surface area contributed by atoms with Gasteiger partial charge < -0.3 is 10.0 Å². The van der Waals surface area contributed by atoms with Crippen molar-refractivity contribution in [1.82, 2.24) is 4.90 Å². The molecule has 0 aromatic carbocycles. The van der Waals surface area contributed by atoms with Crippen molar-refractivity contribution < 1.29 is 5.11 Å². The van der Waals surface area contributed by atoms with Crippen molar-refractivity contribution in [3.8, 4) is 0 Å². The molecule has 0 aromatic heterocycles. The quantitative estimate of drug-likeness (QED) is 0.686. The standard InChI is InChI=1S/C10H23NO/c1-6-10(12,7-2)8-11(5)9(3)4/h9,12H,6-8H2,1-5H3. The van der Waals surface area contributed by atoms with Gasteiger partial charge in [-0.1, -0.05) is 13.8 Å². The second kappa shape index (κ2) is 4.83. The van der Waals surface area contributed by atoms with E-state index in [1.54, 1.807) is 0 Å². The van der Waals surface area contributed by atoms with Crippen LogP contribution in [0, 0.1) is 0 Å². The van der Waals surface area contributed by atoms with Gasteiger partial charge in [0.1, 0.15) is 0 Å². The van der Waals surface area contributed by atoms with E-state index in [0.717, 1.165) is 19.4 Å². The van der Waals surface area contributed by atoms with Gasteiger partial charge in [0, 0.05) is 12.6 Å². The van der Waals surface area contributed by atoms with Crippen molar-refractivity contribution in [2.45, 2.75) is 52.2 Å². The van der Waals surface area contributed by atoms with Crippen molar-refractivity contribution in [1.29, 1.82) is 0 Å². The first kappa shape index (κ1) is 11.9. The summed E-state index contributed by atoms with van der Waals surface area (Å²) in [5.74, 6) is 0. The fraction of sp³-hybridized carbons (Fsp3) is 1.00. The molecule has 2 heteroatoms. The first-order chi connectivity index (χ1) is 5.45. The Bertz CT molecular complexity index is 119. The van der Waals surface area contributed by atoms with E-state index < -0.39 is 5.60 Å². The summed E-state index contributed by atoms with van der Waals surface area (Å²) >= 11 is 0. The molecule has 0 bridgehead atoms. The van der Waals surface area contributed by atoms with E-state index in [-0.39, 0.29) is 0 Å². The highest BCUT2D eigenvalue weighted by Crippen LogP contribution is 2.16. The second-order valence-corrected chi connectivity index (χ2v) is 3.94. The van der Waals surface area contributed by atoms with Crippen molar-refractivity contribution in [2.24, 2.45) is 0 Å². The van der Waals surface area contributed by atoms with Crippen LogP contribution < -0.4 is 0 Å². The predicted octanol–water partition coefficient (Wildman–Crippen LogP) is 1.88. The summed E-state index contributed by atoms with van der Waals surface area (Å²) in [5.41, 5.74) is -0.487. The van der Waals surface area contributed by atoms with E-state index in [4.69, 9.17) is 0 Å². The van der Waals surface area contributed by atoms with Crippen LogP contribution in [0.1, 0.15) is 40.5 Å². The van der Waals surface area contributed by atoms with Gasteiger partial charge in [-0.2, -0.15) is 0 Å². The average molecular weight is 173 g/mol. The molecule has 0 rings (SSSR count). The zero-order chi connectivity index (χ0) is 9.78. The van der Waals surface area contributed by atoms with Crippen LogP contribution in [0.4, 0.5) is 0 Å². The lowest BCUT2D eigenvalue weighted by atomic mass is 9.96. The molecule has 0 aromatic rings. The minimum Gasteiger partial charge on any atom is -0.389 e. The third kappa shape index (κ3) is 3.55. The van der Waals surface area contributed by atoms with Gasteiger partial charge in [0.15, 0.2) is 0 Å². The molecule has 0 heterocycles. The summed E-state index contributed by atoms with van der Waals surface area (Å²) in [6.45, 7) is 9.14. The Balaban J connectivity index is 4.02. The van der Waals surface area contributed by atoms with Crippen molar-refractivity contribution in [3.63, 3.8) is 0 Å². The summed E-state index contributed by atoms with van der Waals surface area (Å²) in [6, 6.07) is 0.509. The number of hydrogen-bond acceptors (Lipinski definition) is 2. The fourth-order valence-electron chi connectivity index (χ4n) is 1.12.